The lowest BCUT2D eigenvalue weighted by atomic mass is 10.1. The van der Waals surface area contributed by atoms with Gasteiger partial charge in [-0.05, 0) is 50.2 Å². The largest absolute Gasteiger partial charge is 0.494 e. The molecule has 0 aliphatic rings. The summed E-state index contributed by atoms with van der Waals surface area (Å²) in [6.07, 6.45) is 0. The van der Waals surface area contributed by atoms with Crippen molar-refractivity contribution in [2.24, 2.45) is 0 Å². The van der Waals surface area contributed by atoms with E-state index in [2.05, 4.69) is 10.0 Å². The van der Waals surface area contributed by atoms with Crippen molar-refractivity contribution in [3.63, 3.8) is 0 Å². The molecule has 2 N–H and O–H groups in total. The number of anilines is 2. The van der Waals surface area contributed by atoms with Crippen LogP contribution < -0.4 is 14.8 Å². The molecule has 1 amide bonds. The SMILES string of the molecule is CCOc1cccc(NC(=O)c2ccccc2NS(=O)(=O)c2ccc(C)cc2)c1. The van der Waals surface area contributed by atoms with Gasteiger partial charge in [0.15, 0.2) is 0 Å². The van der Waals surface area contributed by atoms with E-state index in [1.165, 1.54) is 12.1 Å². The van der Waals surface area contributed by atoms with E-state index in [9.17, 15) is 13.2 Å². The molecule has 0 aliphatic carbocycles. The summed E-state index contributed by atoms with van der Waals surface area (Å²) >= 11 is 0. The zero-order chi connectivity index (χ0) is 20.9. The van der Waals surface area contributed by atoms with Gasteiger partial charge in [-0.3, -0.25) is 9.52 Å². The molecule has 0 bridgehead atoms. The van der Waals surface area contributed by atoms with Crippen molar-refractivity contribution in [3.8, 4) is 5.75 Å². The normalized spacial score (nSPS) is 11.0. The third-order valence-corrected chi connectivity index (χ3v) is 5.53. The molecular formula is C22H22N2O4S. The van der Waals surface area contributed by atoms with E-state index in [4.69, 9.17) is 4.74 Å². The number of nitrogens with one attached hydrogen (secondary N) is 2. The first kappa shape index (κ1) is 20.4. The number of carbonyl (C=O) groups is 1. The van der Waals surface area contributed by atoms with Crippen LogP contribution in [0.1, 0.15) is 22.8 Å². The van der Waals surface area contributed by atoms with Crippen molar-refractivity contribution < 1.29 is 17.9 Å². The Bertz CT molecular complexity index is 1110. The van der Waals surface area contributed by atoms with Crippen molar-refractivity contribution in [1.82, 2.24) is 0 Å². The van der Waals surface area contributed by atoms with Crippen LogP contribution in [0, 0.1) is 6.92 Å². The van der Waals surface area contributed by atoms with Gasteiger partial charge in [-0.2, -0.15) is 0 Å². The lowest BCUT2D eigenvalue weighted by Gasteiger charge is -2.13. The number of sulfonamides is 1. The van der Waals surface area contributed by atoms with Crippen molar-refractivity contribution in [1.29, 1.82) is 0 Å². The van der Waals surface area contributed by atoms with Crippen LogP contribution in [0.5, 0.6) is 5.75 Å². The number of benzene rings is 3. The van der Waals surface area contributed by atoms with Gasteiger partial charge in [0.25, 0.3) is 15.9 Å². The van der Waals surface area contributed by atoms with Crippen LogP contribution in [-0.2, 0) is 10.0 Å². The summed E-state index contributed by atoms with van der Waals surface area (Å²) in [5, 5.41) is 2.78. The van der Waals surface area contributed by atoms with Gasteiger partial charge in [0.05, 0.1) is 22.8 Å². The summed E-state index contributed by atoms with van der Waals surface area (Å²) in [6.45, 7) is 4.27. The Labute approximate surface area is 170 Å². The van der Waals surface area contributed by atoms with Gasteiger partial charge in [0, 0.05) is 11.8 Å². The Hall–Kier alpha value is -3.32. The molecule has 29 heavy (non-hydrogen) atoms. The summed E-state index contributed by atoms with van der Waals surface area (Å²) in [4.78, 5) is 12.9. The fourth-order valence-electron chi connectivity index (χ4n) is 2.72. The van der Waals surface area contributed by atoms with E-state index in [0.29, 0.717) is 18.0 Å². The number of para-hydroxylation sites is 1. The Kier molecular flexibility index (Phi) is 6.19. The number of rotatable bonds is 7. The highest BCUT2D eigenvalue weighted by atomic mass is 32.2. The number of hydrogen-bond donors (Lipinski definition) is 2. The molecule has 0 spiro atoms. The minimum atomic E-state index is -3.82. The van der Waals surface area contributed by atoms with E-state index in [1.807, 2.05) is 13.8 Å². The van der Waals surface area contributed by atoms with Crippen molar-refractivity contribution in [2.75, 3.05) is 16.6 Å². The molecule has 0 saturated carbocycles. The van der Waals surface area contributed by atoms with E-state index in [-0.39, 0.29) is 16.1 Å². The second-order valence-electron chi connectivity index (χ2n) is 6.38. The third-order valence-electron chi connectivity index (χ3n) is 4.15. The standard InChI is InChI=1S/C22H22N2O4S/c1-3-28-18-8-6-7-17(15-18)23-22(25)20-9-4-5-10-21(20)24-29(26,27)19-13-11-16(2)12-14-19/h4-15,24H,3H2,1-2H3,(H,23,25). The maximum absolute atomic E-state index is 12.8. The number of ether oxygens (including phenoxy) is 1. The number of amides is 1. The lowest BCUT2D eigenvalue weighted by Crippen LogP contribution is -2.18. The number of aryl methyl sites for hydroxylation is 1. The Morgan fingerprint density at radius 2 is 1.69 bits per heavy atom. The molecule has 0 saturated heterocycles. The van der Waals surface area contributed by atoms with Gasteiger partial charge in [0.1, 0.15) is 5.75 Å². The minimum Gasteiger partial charge on any atom is -0.494 e. The quantitative estimate of drug-likeness (QED) is 0.603. The van der Waals surface area contributed by atoms with Gasteiger partial charge in [0.2, 0.25) is 0 Å². The lowest BCUT2D eigenvalue weighted by molar-refractivity contribution is 0.102. The molecule has 0 atom stereocenters. The molecule has 150 valence electrons. The van der Waals surface area contributed by atoms with Crippen LogP contribution in [0.3, 0.4) is 0 Å². The number of carbonyl (C=O) groups excluding carboxylic acids is 1. The smallest absolute Gasteiger partial charge is 0.261 e. The first-order valence-corrected chi connectivity index (χ1v) is 10.6. The Morgan fingerprint density at radius 3 is 2.41 bits per heavy atom. The zero-order valence-corrected chi connectivity index (χ0v) is 17.0. The molecule has 6 nitrogen and oxygen atoms in total. The highest BCUT2D eigenvalue weighted by Gasteiger charge is 2.18. The molecule has 0 fully saturated rings. The van der Waals surface area contributed by atoms with Crippen LogP contribution in [0.2, 0.25) is 0 Å². The molecule has 3 rings (SSSR count). The molecule has 0 aliphatic heterocycles. The first-order valence-electron chi connectivity index (χ1n) is 9.12. The van der Waals surface area contributed by atoms with E-state index >= 15 is 0 Å². The summed E-state index contributed by atoms with van der Waals surface area (Å²) < 4.78 is 33.4. The average Bonchev–Trinajstić information content (AvgIpc) is 2.69. The molecule has 0 heterocycles. The predicted molar refractivity (Wildman–Crippen MR) is 114 cm³/mol. The van der Waals surface area contributed by atoms with E-state index < -0.39 is 15.9 Å². The molecule has 3 aromatic rings. The second kappa shape index (κ2) is 8.79. The van der Waals surface area contributed by atoms with Crippen LogP contribution in [0.15, 0.2) is 77.7 Å². The summed E-state index contributed by atoms with van der Waals surface area (Å²) in [5.74, 6) is 0.208. The van der Waals surface area contributed by atoms with Crippen LogP contribution in [0.25, 0.3) is 0 Å². The predicted octanol–water partition coefficient (Wildman–Crippen LogP) is 4.45. The van der Waals surface area contributed by atoms with Gasteiger partial charge >= 0.3 is 0 Å². The highest BCUT2D eigenvalue weighted by Crippen LogP contribution is 2.23. The van der Waals surface area contributed by atoms with Crippen LogP contribution >= 0.6 is 0 Å². The number of hydrogen-bond acceptors (Lipinski definition) is 4. The molecule has 0 aromatic heterocycles. The van der Waals surface area contributed by atoms with Crippen LogP contribution in [0.4, 0.5) is 11.4 Å². The maximum Gasteiger partial charge on any atom is 0.261 e. The Balaban J connectivity index is 1.84. The summed E-state index contributed by atoms with van der Waals surface area (Å²) in [5.41, 5.74) is 1.92. The van der Waals surface area contributed by atoms with Gasteiger partial charge < -0.3 is 10.1 Å². The highest BCUT2D eigenvalue weighted by molar-refractivity contribution is 7.92. The van der Waals surface area contributed by atoms with Crippen molar-refractivity contribution in [2.45, 2.75) is 18.7 Å². The average molecular weight is 410 g/mol. The molecule has 3 aromatic carbocycles. The van der Waals surface area contributed by atoms with E-state index in [0.717, 1.165) is 5.56 Å². The van der Waals surface area contributed by atoms with Gasteiger partial charge in [-0.1, -0.05) is 35.9 Å². The van der Waals surface area contributed by atoms with Crippen molar-refractivity contribution >= 4 is 27.3 Å². The zero-order valence-electron chi connectivity index (χ0n) is 16.2. The molecule has 0 unspecified atom stereocenters. The molecular weight excluding hydrogens is 388 g/mol. The van der Waals surface area contributed by atoms with Crippen molar-refractivity contribution in [3.05, 3.63) is 83.9 Å². The van der Waals surface area contributed by atoms with Gasteiger partial charge in [-0.25, -0.2) is 8.42 Å². The van der Waals surface area contributed by atoms with Gasteiger partial charge in [-0.15, -0.1) is 0 Å². The van der Waals surface area contributed by atoms with E-state index in [1.54, 1.807) is 60.7 Å². The maximum atomic E-state index is 12.8. The fourth-order valence-corrected chi connectivity index (χ4v) is 3.80. The first-order chi connectivity index (χ1) is 13.9. The monoisotopic (exact) mass is 410 g/mol. The molecule has 7 heteroatoms. The second-order valence-corrected chi connectivity index (χ2v) is 8.06. The fraction of sp³-hybridized carbons (Fsp3) is 0.136. The minimum absolute atomic E-state index is 0.128. The third kappa shape index (κ3) is 5.14. The summed E-state index contributed by atoms with van der Waals surface area (Å²) in [7, 11) is -3.82. The summed E-state index contributed by atoms with van der Waals surface area (Å²) in [6, 6.07) is 20.0. The van der Waals surface area contributed by atoms with Crippen LogP contribution in [-0.4, -0.2) is 20.9 Å². The topological polar surface area (TPSA) is 84.5 Å². The molecule has 0 radical (unpaired) electrons. The Morgan fingerprint density at radius 1 is 0.966 bits per heavy atom.